The fourth-order valence-corrected chi connectivity index (χ4v) is 3.63. The average Bonchev–Trinajstić information content (AvgIpc) is 3.75. The van der Waals surface area contributed by atoms with E-state index < -0.39 is 0 Å². The number of ether oxygens (including phenoxy) is 2. The molecule has 0 radical (unpaired) electrons. The van der Waals surface area contributed by atoms with Gasteiger partial charge in [0, 0.05) is 54.5 Å². The minimum absolute atomic E-state index is 0.252. The van der Waals surface area contributed by atoms with E-state index in [0.717, 1.165) is 41.8 Å². The number of benzene rings is 1. The molecule has 216 valence electrons. The number of aryl methyl sites for hydroxylation is 2. The van der Waals surface area contributed by atoms with Gasteiger partial charge in [-0.2, -0.15) is 10.1 Å². The van der Waals surface area contributed by atoms with Crippen LogP contribution in [-0.2, 0) is 22.4 Å². The van der Waals surface area contributed by atoms with Gasteiger partial charge in [-0.3, -0.25) is 20.2 Å². The summed E-state index contributed by atoms with van der Waals surface area (Å²) < 4.78 is 10.0. The fraction of sp³-hybridized carbons (Fsp3) is 0.129. The van der Waals surface area contributed by atoms with Crippen LogP contribution in [0.15, 0.2) is 103 Å². The number of H-pyrrole nitrogens is 2. The summed E-state index contributed by atoms with van der Waals surface area (Å²) in [6.45, 7) is 0. The lowest BCUT2D eigenvalue weighted by atomic mass is 10.1. The van der Waals surface area contributed by atoms with E-state index in [1.54, 1.807) is 57.2 Å². The maximum atomic E-state index is 10.1. The number of nitrogens with zero attached hydrogens (tertiary/aromatic N) is 6. The molecule has 0 spiro atoms. The Morgan fingerprint density at radius 1 is 0.814 bits per heavy atom. The monoisotopic (exact) mass is 576 g/mol. The number of carbonyl (C=O) groups is 1. The van der Waals surface area contributed by atoms with Crippen LogP contribution >= 0.6 is 0 Å². The van der Waals surface area contributed by atoms with Gasteiger partial charge in [0.25, 0.3) is 0 Å². The molecule has 0 saturated carbocycles. The number of methoxy groups -OCH3 is 2. The predicted molar refractivity (Wildman–Crippen MR) is 161 cm³/mol. The summed E-state index contributed by atoms with van der Waals surface area (Å²) in [5, 5.41) is 13.7. The Morgan fingerprint density at radius 2 is 1.51 bits per heavy atom. The molecule has 0 amide bonds. The summed E-state index contributed by atoms with van der Waals surface area (Å²) in [5.74, 6) is 4.10. The van der Waals surface area contributed by atoms with Gasteiger partial charge in [-0.05, 0) is 48.4 Å². The quantitative estimate of drug-likeness (QED) is 0.180. The summed E-state index contributed by atoms with van der Waals surface area (Å²) in [5.41, 5.74) is 9.03. The highest BCUT2D eigenvalue weighted by molar-refractivity contribution is 5.77. The van der Waals surface area contributed by atoms with Crippen molar-refractivity contribution in [2.45, 2.75) is 12.8 Å². The standard InChI is InChI=1S/C16H16N4O.C8H7O2.C7H7N5/c1-21-14-5-2-12(3-6-14)4-7-15-18-16(20-19-15)13-8-10-17-11-9-13;1-10-8-4-2-7(6-9)3-5-8;8-7-10-6(11-12-7)5-1-3-9-4-2-5/h2-3,5-6,8-11H,4,7H2,1H3,(H,18,19,20);2,4-6H,1H3;1-4H,(H3,8,10,11,12)/q;+1;. The Labute approximate surface area is 248 Å². The highest BCUT2D eigenvalue weighted by Crippen LogP contribution is 2.15. The number of aromatic nitrogens is 8. The topological polar surface area (TPSA) is 170 Å². The lowest BCUT2D eigenvalue weighted by Crippen LogP contribution is -1.94. The van der Waals surface area contributed by atoms with Crippen LogP contribution in [-0.4, -0.2) is 60.8 Å². The SMILES string of the molecule is COC1=C[C+]=C(C=O)C=C1.COc1ccc(CCc2nc(-c3ccncc3)n[nH]2)cc1.Nc1n[nH]c(-c2ccncc2)n1. The minimum atomic E-state index is 0.252. The van der Waals surface area contributed by atoms with Crippen LogP contribution in [0.25, 0.3) is 22.8 Å². The minimum Gasteiger partial charge on any atom is -0.497 e. The van der Waals surface area contributed by atoms with Gasteiger partial charge in [-0.1, -0.05) is 12.1 Å². The van der Waals surface area contributed by atoms with E-state index in [1.807, 2.05) is 36.4 Å². The Morgan fingerprint density at radius 3 is 2.07 bits per heavy atom. The average molecular weight is 577 g/mol. The van der Waals surface area contributed by atoms with Crippen LogP contribution in [0.4, 0.5) is 5.95 Å². The molecule has 12 nitrogen and oxygen atoms in total. The Hall–Kier alpha value is -6.00. The smallest absolute Gasteiger partial charge is 0.239 e. The molecule has 0 fully saturated rings. The molecule has 4 heterocycles. The Bertz CT molecular complexity index is 1660. The van der Waals surface area contributed by atoms with Crippen LogP contribution in [0.1, 0.15) is 11.4 Å². The molecule has 4 N–H and O–H groups in total. The third kappa shape index (κ3) is 9.27. The first kappa shape index (κ1) is 30.0. The van der Waals surface area contributed by atoms with Crippen LogP contribution in [0.3, 0.4) is 0 Å². The number of nitrogens with two attached hydrogens (primary N) is 1. The molecule has 0 unspecified atom stereocenters. The van der Waals surface area contributed by atoms with Gasteiger partial charge in [-0.25, -0.2) is 9.78 Å². The summed E-state index contributed by atoms with van der Waals surface area (Å²) in [6.07, 6.45) is 17.1. The molecule has 12 heteroatoms. The second-order valence-corrected chi connectivity index (χ2v) is 8.77. The number of rotatable bonds is 8. The summed E-state index contributed by atoms with van der Waals surface area (Å²) in [7, 11) is 3.24. The lowest BCUT2D eigenvalue weighted by Gasteiger charge is -2.02. The number of aromatic amines is 2. The second kappa shape index (κ2) is 15.7. The highest BCUT2D eigenvalue weighted by Gasteiger charge is 2.07. The van der Waals surface area contributed by atoms with Crippen LogP contribution in [0.2, 0.25) is 0 Å². The molecule has 1 aromatic carbocycles. The number of nitrogen functional groups attached to an aromatic ring is 1. The zero-order valence-corrected chi connectivity index (χ0v) is 23.6. The van der Waals surface area contributed by atoms with Crippen molar-refractivity contribution in [2.75, 3.05) is 20.0 Å². The van der Waals surface area contributed by atoms with Gasteiger partial charge in [0.1, 0.15) is 17.6 Å². The fourth-order valence-electron chi connectivity index (χ4n) is 3.63. The van der Waals surface area contributed by atoms with Gasteiger partial charge in [0.2, 0.25) is 18.0 Å². The van der Waals surface area contributed by atoms with Crippen molar-refractivity contribution in [3.05, 3.63) is 120 Å². The number of anilines is 1. The first-order chi connectivity index (χ1) is 21.1. The molecular weight excluding hydrogens is 546 g/mol. The lowest BCUT2D eigenvalue weighted by molar-refractivity contribution is -0.104. The molecule has 43 heavy (non-hydrogen) atoms. The predicted octanol–water partition coefficient (Wildman–Crippen LogP) is 4.12. The van der Waals surface area contributed by atoms with Crippen molar-refractivity contribution in [2.24, 2.45) is 0 Å². The van der Waals surface area contributed by atoms with Crippen molar-refractivity contribution < 1.29 is 14.3 Å². The highest BCUT2D eigenvalue weighted by atomic mass is 16.5. The van der Waals surface area contributed by atoms with Gasteiger partial charge in [0.05, 0.1) is 20.3 Å². The first-order valence-corrected chi connectivity index (χ1v) is 13.1. The van der Waals surface area contributed by atoms with Gasteiger partial charge in [0.15, 0.2) is 17.2 Å². The van der Waals surface area contributed by atoms with Gasteiger partial charge >= 0.3 is 0 Å². The third-order valence-corrected chi connectivity index (χ3v) is 5.91. The molecular formula is C31H30N9O3+. The third-order valence-electron chi connectivity index (χ3n) is 5.91. The van der Waals surface area contributed by atoms with Crippen LogP contribution in [0.5, 0.6) is 5.75 Å². The van der Waals surface area contributed by atoms with Crippen LogP contribution < -0.4 is 10.5 Å². The van der Waals surface area contributed by atoms with Crippen molar-refractivity contribution >= 4 is 12.2 Å². The van der Waals surface area contributed by atoms with E-state index >= 15 is 0 Å². The number of hydrogen-bond acceptors (Lipinski definition) is 10. The largest absolute Gasteiger partial charge is 0.497 e. The van der Waals surface area contributed by atoms with Crippen molar-refractivity contribution in [3.8, 4) is 28.5 Å². The number of allylic oxidation sites excluding steroid dienone is 5. The number of carbonyl (C=O) groups excluding carboxylic acids is 1. The Balaban J connectivity index is 0.000000163. The van der Waals surface area contributed by atoms with Crippen molar-refractivity contribution in [1.29, 1.82) is 0 Å². The number of hydrogen-bond donors (Lipinski definition) is 3. The van der Waals surface area contributed by atoms with E-state index in [-0.39, 0.29) is 5.95 Å². The maximum Gasteiger partial charge on any atom is 0.239 e. The van der Waals surface area contributed by atoms with Crippen molar-refractivity contribution in [3.63, 3.8) is 0 Å². The first-order valence-electron chi connectivity index (χ1n) is 13.1. The van der Waals surface area contributed by atoms with E-state index in [9.17, 15) is 4.79 Å². The molecule has 6 rings (SSSR count). The maximum absolute atomic E-state index is 10.1. The molecule has 0 aliphatic heterocycles. The molecule has 1 aliphatic rings. The zero-order valence-electron chi connectivity index (χ0n) is 23.6. The van der Waals surface area contributed by atoms with E-state index in [2.05, 4.69) is 58.5 Å². The molecule has 4 aromatic heterocycles. The van der Waals surface area contributed by atoms with Gasteiger partial charge < -0.3 is 15.2 Å². The normalized spacial score (nSPS) is 11.4. The Kier molecular flexibility index (Phi) is 10.9. The zero-order chi connectivity index (χ0) is 30.3. The second-order valence-electron chi connectivity index (χ2n) is 8.77. The van der Waals surface area contributed by atoms with Crippen molar-refractivity contribution in [1.82, 2.24) is 40.3 Å². The van der Waals surface area contributed by atoms with E-state index in [0.29, 0.717) is 23.0 Å². The number of pyridine rings is 2. The van der Waals surface area contributed by atoms with E-state index in [4.69, 9.17) is 15.2 Å². The summed E-state index contributed by atoms with van der Waals surface area (Å²) >= 11 is 0. The summed E-state index contributed by atoms with van der Waals surface area (Å²) in [4.78, 5) is 26.5. The molecule has 5 aromatic rings. The molecule has 1 aliphatic carbocycles. The van der Waals surface area contributed by atoms with E-state index in [1.165, 1.54) is 5.56 Å². The van der Waals surface area contributed by atoms with Gasteiger partial charge in [-0.15, -0.1) is 5.10 Å². The number of nitrogens with one attached hydrogen (secondary N) is 2. The molecule has 0 bridgehead atoms. The molecule has 0 atom stereocenters. The van der Waals surface area contributed by atoms with Crippen LogP contribution in [0, 0.1) is 6.08 Å². The number of aldehydes is 1. The molecule has 0 saturated heterocycles. The summed E-state index contributed by atoms with van der Waals surface area (Å²) in [6, 6.07) is 15.5.